The monoisotopic (exact) mass is 200 g/mol. The highest BCUT2D eigenvalue weighted by atomic mass is 35.5. The van der Waals surface area contributed by atoms with Crippen LogP contribution in [0, 0.1) is 11.2 Å². The topological polar surface area (TPSA) is 27.1 Å². The van der Waals surface area contributed by atoms with Gasteiger partial charge in [0, 0.05) is 19.7 Å². The first-order chi connectivity index (χ1) is 6.02. The van der Waals surface area contributed by atoms with Crippen LogP contribution in [0.15, 0.2) is 18.2 Å². The van der Waals surface area contributed by atoms with Crippen LogP contribution in [0.25, 0.3) is 0 Å². The van der Waals surface area contributed by atoms with Crippen molar-refractivity contribution in [1.29, 1.82) is 5.41 Å². The summed E-state index contributed by atoms with van der Waals surface area (Å²) in [6, 6.07) is 4.23. The lowest BCUT2D eigenvalue weighted by molar-refractivity contribution is 0.616. The van der Waals surface area contributed by atoms with Crippen LogP contribution in [0.1, 0.15) is 5.56 Å². The second-order valence-corrected chi connectivity index (χ2v) is 3.28. The predicted octanol–water partition coefficient (Wildman–Crippen LogP) is 2.37. The second kappa shape index (κ2) is 3.75. The Morgan fingerprint density at radius 3 is 2.54 bits per heavy atom. The van der Waals surface area contributed by atoms with Gasteiger partial charge in [-0.05, 0) is 18.2 Å². The zero-order valence-corrected chi connectivity index (χ0v) is 8.19. The van der Waals surface area contributed by atoms with Crippen LogP contribution in [0.5, 0.6) is 0 Å². The van der Waals surface area contributed by atoms with E-state index in [0.29, 0.717) is 11.4 Å². The van der Waals surface area contributed by atoms with Crippen molar-refractivity contribution < 1.29 is 4.39 Å². The number of hydrogen-bond donors (Lipinski definition) is 1. The van der Waals surface area contributed by atoms with Crippen molar-refractivity contribution in [3.05, 3.63) is 34.6 Å². The molecule has 0 aromatic heterocycles. The summed E-state index contributed by atoms with van der Waals surface area (Å²) in [7, 11) is 3.50. The maximum atomic E-state index is 12.7. The van der Waals surface area contributed by atoms with Crippen LogP contribution in [0.2, 0.25) is 5.02 Å². The lowest BCUT2D eigenvalue weighted by Crippen LogP contribution is -2.21. The van der Waals surface area contributed by atoms with Crippen molar-refractivity contribution in [2.24, 2.45) is 0 Å². The summed E-state index contributed by atoms with van der Waals surface area (Å²) in [6.45, 7) is 0. The number of amidine groups is 1. The van der Waals surface area contributed by atoms with Gasteiger partial charge in [0.2, 0.25) is 0 Å². The van der Waals surface area contributed by atoms with Gasteiger partial charge in [-0.1, -0.05) is 11.6 Å². The van der Waals surface area contributed by atoms with E-state index < -0.39 is 5.82 Å². The highest BCUT2D eigenvalue weighted by molar-refractivity contribution is 6.31. The second-order valence-electron chi connectivity index (χ2n) is 2.87. The van der Waals surface area contributed by atoms with Gasteiger partial charge in [-0.2, -0.15) is 0 Å². The molecule has 70 valence electrons. The fourth-order valence-electron chi connectivity index (χ4n) is 0.902. The molecule has 0 radical (unpaired) electrons. The molecule has 0 heterocycles. The molecule has 0 aliphatic carbocycles. The van der Waals surface area contributed by atoms with Crippen molar-refractivity contribution in [2.45, 2.75) is 0 Å². The van der Waals surface area contributed by atoms with E-state index >= 15 is 0 Å². The first kappa shape index (κ1) is 9.99. The average Bonchev–Trinajstić information content (AvgIpc) is 2.08. The zero-order chi connectivity index (χ0) is 10.0. The minimum atomic E-state index is -0.461. The smallest absolute Gasteiger partial charge is 0.141 e. The minimum Gasteiger partial charge on any atom is -0.363 e. The molecule has 0 bridgehead atoms. The third-order valence-corrected chi connectivity index (χ3v) is 1.93. The van der Waals surface area contributed by atoms with Crippen molar-refractivity contribution in [2.75, 3.05) is 14.1 Å². The number of benzene rings is 1. The molecule has 0 fully saturated rings. The normalized spacial score (nSPS) is 9.85. The van der Waals surface area contributed by atoms with Crippen LogP contribution in [0.4, 0.5) is 4.39 Å². The van der Waals surface area contributed by atoms with Gasteiger partial charge in [0.1, 0.15) is 11.7 Å². The minimum absolute atomic E-state index is 0.0455. The summed E-state index contributed by atoms with van der Waals surface area (Å²) in [4.78, 5) is 1.63. The molecule has 2 nitrogen and oxygen atoms in total. The van der Waals surface area contributed by atoms with Gasteiger partial charge in [0.25, 0.3) is 0 Å². The molecule has 0 aliphatic heterocycles. The van der Waals surface area contributed by atoms with Gasteiger partial charge >= 0.3 is 0 Å². The molecular weight excluding hydrogens is 191 g/mol. The maximum Gasteiger partial charge on any atom is 0.141 e. The van der Waals surface area contributed by atoms with E-state index in [1.54, 1.807) is 19.0 Å². The standard InChI is InChI=1S/C9H10ClFN2/c1-13(2)9(12)6-3-4-8(11)7(10)5-6/h3-5,12H,1-2H3. The van der Waals surface area contributed by atoms with Crippen molar-refractivity contribution in [3.8, 4) is 0 Å². The first-order valence-corrected chi connectivity index (χ1v) is 4.11. The molecule has 0 atom stereocenters. The first-order valence-electron chi connectivity index (χ1n) is 3.73. The van der Waals surface area contributed by atoms with Gasteiger partial charge in [-0.3, -0.25) is 5.41 Å². The quantitative estimate of drug-likeness (QED) is 0.547. The summed E-state index contributed by atoms with van der Waals surface area (Å²) in [5.74, 6) is -0.154. The van der Waals surface area contributed by atoms with Gasteiger partial charge in [0.05, 0.1) is 5.02 Å². The van der Waals surface area contributed by atoms with Crippen molar-refractivity contribution >= 4 is 17.4 Å². The van der Waals surface area contributed by atoms with Gasteiger partial charge in [-0.15, -0.1) is 0 Å². The zero-order valence-electron chi connectivity index (χ0n) is 7.44. The van der Waals surface area contributed by atoms with Crippen LogP contribution >= 0.6 is 11.6 Å². The molecule has 0 aliphatic rings. The fourth-order valence-corrected chi connectivity index (χ4v) is 1.08. The lowest BCUT2D eigenvalue weighted by atomic mass is 10.2. The summed E-state index contributed by atoms with van der Waals surface area (Å²) in [6.07, 6.45) is 0. The molecule has 0 unspecified atom stereocenters. The number of nitrogens with zero attached hydrogens (tertiary/aromatic N) is 1. The SMILES string of the molecule is CN(C)C(=N)c1ccc(F)c(Cl)c1. The van der Waals surface area contributed by atoms with Crippen molar-refractivity contribution in [3.63, 3.8) is 0 Å². The fraction of sp³-hybridized carbons (Fsp3) is 0.222. The van der Waals surface area contributed by atoms with Gasteiger partial charge in [0.15, 0.2) is 0 Å². The lowest BCUT2D eigenvalue weighted by Gasteiger charge is -2.13. The van der Waals surface area contributed by atoms with E-state index in [1.165, 1.54) is 18.2 Å². The third kappa shape index (κ3) is 2.18. The Bertz CT molecular complexity index is 336. The molecule has 0 saturated carbocycles. The Morgan fingerprint density at radius 1 is 1.46 bits per heavy atom. The van der Waals surface area contributed by atoms with Crippen LogP contribution in [-0.2, 0) is 0 Å². The van der Waals surface area contributed by atoms with Crippen molar-refractivity contribution in [1.82, 2.24) is 4.90 Å². The Labute approximate surface area is 81.4 Å². The average molecular weight is 201 g/mol. The molecule has 0 amide bonds. The molecule has 0 saturated heterocycles. The number of halogens is 2. The van der Waals surface area contributed by atoms with E-state index in [4.69, 9.17) is 17.0 Å². The van der Waals surface area contributed by atoms with E-state index in [9.17, 15) is 4.39 Å². The number of nitrogens with one attached hydrogen (secondary N) is 1. The summed E-state index contributed by atoms with van der Waals surface area (Å²) < 4.78 is 12.7. The van der Waals surface area contributed by atoms with E-state index in [1.807, 2.05) is 0 Å². The van der Waals surface area contributed by atoms with E-state index in [2.05, 4.69) is 0 Å². The molecule has 1 N–H and O–H groups in total. The molecule has 1 aromatic rings. The summed E-state index contributed by atoms with van der Waals surface area (Å²) in [5, 5.41) is 7.64. The summed E-state index contributed by atoms with van der Waals surface area (Å²) >= 11 is 5.57. The Morgan fingerprint density at radius 2 is 2.08 bits per heavy atom. The maximum absolute atomic E-state index is 12.7. The highest BCUT2D eigenvalue weighted by Gasteiger charge is 2.06. The Balaban J connectivity index is 3.04. The molecule has 0 spiro atoms. The van der Waals surface area contributed by atoms with Gasteiger partial charge < -0.3 is 4.90 Å². The van der Waals surface area contributed by atoms with E-state index in [0.717, 1.165) is 0 Å². The molecule has 1 rings (SSSR count). The Kier molecular flexibility index (Phi) is 2.88. The largest absolute Gasteiger partial charge is 0.363 e. The summed E-state index contributed by atoms with van der Waals surface area (Å²) in [5.41, 5.74) is 0.608. The Hall–Kier alpha value is -1.09. The van der Waals surface area contributed by atoms with E-state index in [-0.39, 0.29) is 5.02 Å². The highest BCUT2D eigenvalue weighted by Crippen LogP contribution is 2.16. The van der Waals surface area contributed by atoms with Crippen LogP contribution in [0.3, 0.4) is 0 Å². The molecule has 4 heteroatoms. The predicted molar refractivity (Wildman–Crippen MR) is 51.9 cm³/mol. The van der Waals surface area contributed by atoms with Crippen LogP contribution < -0.4 is 0 Å². The molecule has 1 aromatic carbocycles. The molecular formula is C9H10ClFN2. The third-order valence-electron chi connectivity index (χ3n) is 1.64. The molecule has 13 heavy (non-hydrogen) atoms. The van der Waals surface area contributed by atoms with Crippen LogP contribution in [-0.4, -0.2) is 24.8 Å². The number of hydrogen-bond acceptors (Lipinski definition) is 1. The number of rotatable bonds is 1. The van der Waals surface area contributed by atoms with Gasteiger partial charge in [-0.25, -0.2) is 4.39 Å².